The minimum Gasteiger partial charge on any atom is -0.310 e. The molecule has 1 N–H and O–H groups in total. The molecule has 2 rings (SSSR count). The highest BCUT2D eigenvalue weighted by Gasteiger charge is 2.17. The quantitative estimate of drug-likeness (QED) is 0.838. The number of halogens is 1. The molecule has 88 valence electrons. The van der Waals surface area contributed by atoms with Crippen molar-refractivity contribution in [1.29, 1.82) is 0 Å². The first-order chi connectivity index (χ1) is 7.74. The van der Waals surface area contributed by atoms with Gasteiger partial charge in [-0.1, -0.05) is 43.5 Å². The number of benzene rings is 1. The maximum Gasteiger partial charge on any atom is 0.0406 e. The van der Waals surface area contributed by atoms with E-state index in [0.717, 1.165) is 17.5 Å². The normalized spacial score (nSPS) is 25.6. The van der Waals surface area contributed by atoms with E-state index in [9.17, 15) is 0 Å². The highest BCUT2D eigenvalue weighted by atomic mass is 35.5. The van der Waals surface area contributed by atoms with Crippen molar-refractivity contribution in [2.24, 2.45) is 5.92 Å². The SMILES string of the molecule is CC1CCCC(NCc2ccc(Cl)cc2)C1. The van der Waals surface area contributed by atoms with Gasteiger partial charge in [0.15, 0.2) is 0 Å². The van der Waals surface area contributed by atoms with Gasteiger partial charge >= 0.3 is 0 Å². The van der Waals surface area contributed by atoms with Gasteiger partial charge in [0.2, 0.25) is 0 Å². The zero-order valence-electron chi connectivity index (χ0n) is 9.88. The summed E-state index contributed by atoms with van der Waals surface area (Å²) in [6.45, 7) is 3.32. The summed E-state index contributed by atoms with van der Waals surface area (Å²) in [5, 5.41) is 4.46. The van der Waals surface area contributed by atoms with Crippen LogP contribution in [-0.2, 0) is 6.54 Å². The van der Waals surface area contributed by atoms with Crippen molar-refractivity contribution in [3.05, 3.63) is 34.9 Å². The number of hydrogen-bond acceptors (Lipinski definition) is 1. The molecule has 1 saturated carbocycles. The van der Waals surface area contributed by atoms with Crippen molar-refractivity contribution < 1.29 is 0 Å². The first kappa shape index (κ1) is 11.9. The molecule has 1 aliphatic carbocycles. The van der Waals surface area contributed by atoms with Crippen molar-refractivity contribution >= 4 is 11.6 Å². The summed E-state index contributed by atoms with van der Waals surface area (Å²) < 4.78 is 0. The van der Waals surface area contributed by atoms with Crippen LogP contribution in [0.4, 0.5) is 0 Å². The van der Waals surface area contributed by atoms with Gasteiger partial charge in [0.25, 0.3) is 0 Å². The molecule has 0 heterocycles. The first-order valence-electron chi connectivity index (χ1n) is 6.22. The fraction of sp³-hybridized carbons (Fsp3) is 0.571. The van der Waals surface area contributed by atoms with E-state index in [-0.39, 0.29) is 0 Å². The summed E-state index contributed by atoms with van der Waals surface area (Å²) in [4.78, 5) is 0. The molecule has 2 heteroatoms. The van der Waals surface area contributed by atoms with Crippen molar-refractivity contribution in [2.45, 2.75) is 45.2 Å². The molecule has 0 bridgehead atoms. The van der Waals surface area contributed by atoms with Crippen molar-refractivity contribution in [3.63, 3.8) is 0 Å². The van der Waals surface area contributed by atoms with Gasteiger partial charge in [0.1, 0.15) is 0 Å². The number of rotatable bonds is 3. The Kier molecular flexibility index (Phi) is 4.25. The second kappa shape index (κ2) is 5.70. The van der Waals surface area contributed by atoms with Crippen LogP contribution in [0.2, 0.25) is 5.02 Å². The van der Waals surface area contributed by atoms with Gasteiger partial charge in [-0.3, -0.25) is 0 Å². The highest BCUT2D eigenvalue weighted by molar-refractivity contribution is 6.30. The van der Waals surface area contributed by atoms with E-state index in [1.54, 1.807) is 0 Å². The molecule has 0 radical (unpaired) electrons. The third kappa shape index (κ3) is 3.50. The molecule has 1 nitrogen and oxygen atoms in total. The van der Waals surface area contributed by atoms with Crippen LogP contribution in [0.5, 0.6) is 0 Å². The van der Waals surface area contributed by atoms with E-state index in [4.69, 9.17) is 11.6 Å². The van der Waals surface area contributed by atoms with Gasteiger partial charge in [-0.15, -0.1) is 0 Å². The Morgan fingerprint density at radius 2 is 2.00 bits per heavy atom. The lowest BCUT2D eigenvalue weighted by molar-refractivity contribution is 0.300. The molecule has 1 aliphatic rings. The molecule has 0 aromatic heterocycles. The van der Waals surface area contributed by atoms with E-state index in [2.05, 4.69) is 24.4 Å². The first-order valence-corrected chi connectivity index (χ1v) is 6.59. The van der Waals surface area contributed by atoms with E-state index >= 15 is 0 Å². The molecule has 1 aromatic carbocycles. The summed E-state index contributed by atoms with van der Waals surface area (Å²) in [6, 6.07) is 8.83. The third-order valence-corrected chi connectivity index (χ3v) is 3.70. The van der Waals surface area contributed by atoms with Crippen LogP contribution in [-0.4, -0.2) is 6.04 Å². The Balaban J connectivity index is 1.80. The Morgan fingerprint density at radius 3 is 2.69 bits per heavy atom. The Morgan fingerprint density at radius 1 is 1.25 bits per heavy atom. The van der Waals surface area contributed by atoms with Crippen molar-refractivity contribution in [1.82, 2.24) is 5.32 Å². The van der Waals surface area contributed by atoms with Crippen LogP contribution < -0.4 is 5.32 Å². The molecule has 0 aliphatic heterocycles. The van der Waals surface area contributed by atoms with Crippen LogP contribution in [0.3, 0.4) is 0 Å². The highest BCUT2D eigenvalue weighted by Crippen LogP contribution is 2.23. The summed E-state index contributed by atoms with van der Waals surface area (Å²) in [7, 11) is 0. The summed E-state index contributed by atoms with van der Waals surface area (Å²) in [6.07, 6.45) is 5.43. The maximum absolute atomic E-state index is 5.86. The second-order valence-corrected chi connectivity index (χ2v) is 5.41. The monoisotopic (exact) mass is 237 g/mol. The largest absolute Gasteiger partial charge is 0.310 e. The second-order valence-electron chi connectivity index (χ2n) is 4.98. The molecule has 1 fully saturated rings. The predicted molar refractivity (Wildman–Crippen MR) is 69.7 cm³/mol. The lowest BCUT2D eigenvalue weighted by Crippen LogP contribution is -2.33. The van der Waals surface area contributed by atoms with Gasteiger partial charge in [-0.25, -0.2) is 0 Å². The van der Waals surface area contributed by atoms with E-state index < -0.39 is 0 Å². The average molecular weight is 238 g/mol. The number of hydrogen-bond donors (Lipinski definition) is 1. The molecule has 1 aromatic rings. The van der Waals surface area contributed by atoms with Crippen LogP contribution in [0, 0.1) is 5.92 Å². The molecule has 0 amide bonds. The topological polar surface area (TPSA) is 12.0 Å². The lowest BCUT2D eigenvalue weighted by atomic mass is 9.87. The van der Waals surface area contributed by atoms with Crippen LogP contribution >= 0.6 is 11.6 Å². The van der Waals surface area contributed by atoms with Crippen molar-refractivity contribution in [3.8, 4) is 0 Å². The molecule has 0 saturated heterocycles. The molecule has 0 spiro atoms. The Bertz CT molecular complexity index is 320. The van der Waals surface area contributed by atoms with Gasteiger partial charge < -0.3 is 5.32 Å². The summed E-state index contributed by atoms with van der Waals surface area (Å²) in [5.74, 6) is 0.886. The van der Waals surface area contributed by atoms with E-state index in [0.29, 0.717) is 6.04 Å². The summed E-state index contributed by atoms with van der Waals surface area (Å²) >= 11 is 5.86. The van der Waals surface area contributed by atoms with E-state index in [1.165, 1.54) is 31.2 Å². The Hall–Kier alpha value is -0.530. The molecular weight excluding hydrogens is 218 g/mol. The molecule has 2 atom stereocenters. The predicted octanol–water partition coefficient (Wildman–Crippen LogP) is 4.01. The van der Waals surface area contributed by atoms with Crippen LogP contribution in [0.25, 0.3) is 0 Å². The fourth-order valence-corrected chi connectivity index (χ4v) is 2.61. The average Bonchev–Trinajstić information content (AvgIpc) is 2.28. The van der Waals surface area contributed by atoms with Crippen LogP contribution in [0.15, 0.2) is 24.3 Å². The lowest BCUT2D eigenvalue weighted by Gasteiger charge is -2.27. The molecular formula is C14H20ClN. The zero-order chi connectivity index (χ0) is 11.4. The molecule has 2 unspecified atom stereocenters. The van der Waals surface area contributed by atoms with Gasteiger partial charge in [-0.2, -0.15) is 0 Å². The number of nitrogens with one attached hydrogen (secondary N) is 1. The molecule has 16 heavy (non-hydrogen) atoms. The minimum atomic E-state index is 0.708. The third-order valence-electron chi connectivity index (χ3n) is 3.44. The van der Waals surface area contributed by atoms with Gasteiger partial charge in [0.05, 0.1) is 0 Å². The maximum atomic E-state index is 5.86. The summed E-state index contributed by atoms with van der Waals surface area (Å²) in [5.41, 5.74) is 1.32. The Labute approximate surface area is 103 Å². The van der Waals surface area contributed by atoms with Gasteiger partial charge in [-0.05, 0) is 36.5 Å². The van der Waals surface area contributed by atoms with Crippen LogP contribution in [0.1, 0.15) is 38.2 Å². The zero-order valence-corrected chi connectivity index (χ0v) is 10.6. The van der Waals surface area contributed by atoms with Gasteiger partial charge in [0, 0.05) is 17.6 Å². The standard InChI is InChI=1S/C14H20ClN/c1-11-3-2-4-14(9-11)16-10-12-5-7-13(15)8-6-12/h5-8,11,14,16H,2-4,9-10H2,1H3. The fourth-order valence-electron chi connectivity index (χ4n) is 2.48. The van der Waals surface area contributed by atoms with E-state index in [1.807, 2.05) is 12.1 Å². The smallest absolute Gasteiger partial charge is 0.0406 e. The van der Waals surface area contributed by atoms with Crippen molar-refractivity contribution in [2.75, 3.05) is 0 Å². The minimum absolute atomic E-state index is 0.708.